The summed E-state index contributed by atoms with van der Waals surface area (Å²) in [7, 11) is 0. The lowest BCUT2D eigenvalue weighted by atomic mass is 10.2. The first-order valence-corrected chi connectivity index (χ1v) is 5.05. The molecule has 0 bridgehead atoms. The number of aliphatic carboxylic acids is 1. The molecule has 0 aromatic carbocycles. The maximum atomic E-state index is 11.4. The number of carbonyl (C=O) groups excluding carboxylic acids is 1. The third-order valence-corrected chi connectivity index (χ3v) is 2.24. The fourth-order valence-corrected chi connectivity index (χ4v) is 1.20. The highest BCUT2D eigenvalue weighted by Gasteiger charge is 2.14. The van der Waals surface area contributed by atoms with E-state index in [1.807, 2.05) is 0 Å². The molecule has 1 rings (SSSR count). The maximum Gasteiger partial charge on any atom is 0.308 e. The number of rotatable bonds is 4. The maximum absolute atomic E-state index is 11.4. The highest BCUT2D eigenvalue weighted by Crippen LogP contribution is 2.13. The van der Waals surface area contributed by atoms with Crippen molar-refractivity contribution in [2.45, 2.75) is 6.92 Å². The van der Waals surface area contributed by atoms with Crippen molar-refractivity contribution in [3.8, 4) is 0 Å². The van der Waals surface area contributed by atoms with Crippen LogP contribution in [-0.2, 0) is 4.79 Å². The molecule has 1 atom stereocenters. The van der Waals surface area contributed by atoms with Crippen LogP contribution >= 0.6 is 15.9 Å². The highest BCUT2D eigenvalue weighted by molar-refractivity contribution is 9.10. The molecule has 5 nitrogen and oxygen atoms in total. The topological polar surface area (TPSA) is 79.5 Å². The Morgan fingerprint density at radius 3 is 2.80 bits per heavy atom. The van der Waals surface area contributed by atoms with Gasteiger partial charge in [-0.3, -0.25) is 9.59 Å². The first kappa shape index (κ1) is 11.8. The molecule has 0 saturated heterocycles. The van der Waals surface area contributed by atoms with Crippen LogP contribution in [0, 0.1) is 5.92 Å². The molecule has 1 amide bonds. The number of amides is 1. The number of hydrogen-bond donors (Lipinski definition) is 2. The van der Waals surface area contributed by atoms with E-state index in [0.29, 0.717) is 10.2 Å². The van der Waals surface area contributed by atoms with Gasteiger partial charge in [0.1, 0.15) is 6.26 Å². The van der Waals surface area contributed by atoms with Gasteiger partial charge in [0, 0.05) is 12.6 Å². The largest absolute Gasteiger partial charge is 0.481 e. The molecule has 1 aromatic rings. The number of carbonyl (C=O) groups is 2. The van der Waals surface area contributed by atoms with E-state index in [2.05, 4.69) is 21.2 Å². The van der Waals surface area contributed by atoms with Crippen LogP contribution in [0.3, 0.4) is 0 Å². The quantitative estimate of drug-likeness (QED) is 0.873. The van der Waals surface area contributed by atoms with Crippen LogP contribution in [0.15, 0.2) is 21.4 Å². The minimum Gasteiger partial charge on any atom is -0.481 e. The Labute approximate surface area is 94.6 Å². The molecule has 0 aliphatic carbocycles. The third kappa shape index (κ3) is 3.39. The number of carboxylic acids is 1. The molecule has 1 unspecified atom stereocenters. The molecule has 6 heteroatoms. The van der Waals surface area contributed by atoms with E-state index in [1.165, 1.54) is 19.3 Å². The molecule has 0 aliphatic rings. The van der Waals surface area contributed by atoms with Crippen LogP contribution in [0.5, 0.6) is 0 Å². The van der Waals surface area contributed by atoms with Crippen molar-refractivity contribution in [2.75, 3.05) is 6.54 Å². The van der Waals surface area contributed by atoms with Crippen molar-refractivity contribution in [1.29, 1.82) is 0 Å². The lowest BCUT2D eigenvalue weighted by Crippen LogP contribution is -2.31. The highest BCUT2D eigenvalue weighted by atomic mass is 79.9. The van der Waals surface area contributed by atoms with Crippen molar-refractivity contribution < 1.29 is 19.1 Å². The predicted molar refractivity (Wildman–Crippen MR) is 55.5 cm³/mol. The Morgan fingerprint density at radius 1 is 1.67 bits per heavy atom. The number of halogens is 1. The van der Waals surface area contributed by atoms with Crippen molar-refractivity contribution >= 4 is 27.8 Å². The summed E-state index contributed by atoms with van der Waals surface area (Å²) in [4.78, 5) is 21.9. The number of hydrogen-bond acceptors (Lipinski definition) is 3. The molecule has 2 N–H and O–H groups in total. The number of nitrogens with one attached hydrogen (secondary N) is 1. The van der Waals surface area contributed by atoms with E-state index in [0.717, 1.165) is 0 Å². The van der Waals surface area contributed by atoms with Crippen LogP contribution in [0.1, 0.15) is 17.3 Å². The molecule has 0 radical (unpaired) electrons. The molecule has 0 spiro atoms. The van der Waals surface area contributed by atoms with Crippen molar-refractivity contribution in [3.05, 3.63) is 22.6 Å². The lowest BCUT2D eigenvalue weighted by molar-refractivity contribution is -0.140. The van der Waals surface area contributed by atoms with E-state index >= 15 is 0 Å². The van der Waals surface area contributed by atoms with E-state index in [4.69, 9.17) is 9.52 Å². The van der Waals surface area contributed by atoms with Gasteiger partial charge in [-0.25, -0.2) is 0 Å². The van der Waals surface area contributed by atoms with Crippen LogP contribution in [0.4, 0.5) is 0 Å². The molecule has 82 valence electrons. The fourth-order valence-electron chi connectivity index (χ4n) is 0.864. The summed E-state index contributed by atoms with van der Waals surface area (Å²) in [6, 6.07) is 1.51. The van der Waals surface area contributed by atoms with Gasteiger partial charge in [0.2, 0.25) is 0 Å². The zero-order chi connectivity index (χ0) is 11.4. The average Bonchev–Trinajstić information content (AvgIpc) is 2.60. The number of furan rings is 1. The normalized spacial score (nSPS) is 12.1. The minimum absolute atomic E-state index is 0.0942. The summed E-state index contributed by atoms with van der Waals surface area (Å²) < 4.78 is 5.34. The van der Waals surface area contributed by atoms with Crippen molar-refractivity contribution in [2.24, 2.45) is 5.92 Å². The summed E-state index contributed by atoms with van der Waals surface area (Å²) in [5.74, 6) is -1.90. The Hall–Kier alpha value is -1.30. The standard InChI is InChI=1S/C9H10BrNO4/c1-5(9(13)14)3-11-8(12)6-2-7(10)15-4-6/h2,4-5H,3H2,1H3,(H,11,12)(H,13,14). The van der Waals surface area contributed by atoms with Crippen molar-refractivity contribution in [3.63, 3.8) is 0 Å². The molecule has 0 aliphatic heterocycles. The van der Waals surface area contributed by atoms with E-state index in [-0.39, 0.29) is 12.5 Å². The van der Waals surface area contributed by atoms with Gasteiger partial charge < -0.3 is 14.8 Å². The molecular weight excluding hydrogens is 266 g/mol. The SMILES string of the molecule is CC(CNC(=O)c1coc(Br)c1)C(=O)O. The van der Waals surface area contributed by atoms with E-state index < -0.39 is 11.9 Å². The molecular formula is C9H10BrNO4. The average molecular weight is 276 g/mol. The van der Waals surface area contributed by atoms with Gasteiger partial charge >= 0.3 is 5.97 Å². The summed E-state index contributed by atoms with van der Waals surface area (Å²) in [5.41, 5.74) is 0.361. The summed E-state index contributed by atoms with van der Waals surface area (Å²) >= 11 is 3.06. The molecule has 0 saturated carbocycles. The van der Waals surface area contributed by atoms with Gasteiger partial charge in [-0.05, 0) is 15.9 Å². The Bertz CT molecular complexity index is 374. The minimum atomic E-state index is -0.941. The number of carboxylic acid groups (broad SMARTS) is 1. The van der Waals surface area contributed by atoms with Gasteiger partial charge in [-0.1, -0.05) is 6.92 Å². The Morgan fingerprint density at radius 2 is 2.33 bits per heavy atom. The van der Waals surface area contributed by atoms with Gasteiger partial charge in [-0.2, -0.15) is 0 Å². The zero-order valence-corrected chi connectivity index (χ0v) is 9.58. The molecule has 0 fully saturated rings. The molecule has 15 heavy (non-hydrogen) atoms. The monoisotopic (exact) mass is 275 g/mol. The van der Waals surface area contributed by atoms with Crippen LogP contribution in [-0.4, -0.2) is 23.5 Å². The van der Waals surface area contributed by atoms with Gasteiger partial charge in [0.05, 0.1) is 11.5 Å². The van der Waals surface area contributed by atoms with Crippen LogP contribution < -0.4 is 5.32 Å². The summed E-state index contributed by atoms with van der Waals surface area (Å²) in [6.45, 7) is 1.62. The van der Waals surface area contributed by atoms with E-state index in [1.54, 1.807) is 0 Å². The molecule has 1 aromatic heterocycles. The van der Waals surface area contributed by atoms with Crippen LogP contribution in [0.25, 0.3) is 0 Å². The fraction of sp³-hybridized carbons (Fsp3) is 0.333. The second-order valence-corrected chi connectivity index (χ2v) is 3.87. The lowest BCUT2D eigenvalue weighted by Gasteiger charge is -2.06. The van der Waals surface area contributed by atoms with Crippen molar-refractivity contribution in [1.82, 2.24) is 5.32 Å². The summed E-state index contributed by atoms with van der Waals surface area (Å²) in [5, 5.41) is 11.1. The smallest absolute Gasteiger partial charge is 0.308 e. The summed E-state index contributed by atoms with van der Waals surface area (Å²) in [6.07, 6.45) is 1.30. The van der Waals surface area contributed by atoms with E-state index in [9.17, 15) is 9.59 Å². The van der Waals surface area contributed by atoms with Crippen LogP contribution in [0.2, 0.25) is 0 Å². The predicted octanol–water partition coefficient (Wildman–Crippen LogP) is 1.49. The first-order chi connectivity index (χ1) is 7.00. The van der Waals surface area contributed by atoms with Gasteiger partial charge in [-0.15, -0.1) is 0 Å². The first-order valence-electron chi connectivity index (χ1n) is 4.25. The second-order valence-electron chi connectivity index (χ2n) is 3.09. The Balaban J connectivity index is 2.47. The zero-order valence-electron chi connectivity index (χ0n) is 7.99. The third-order valence-electron chi connectivity index (χ3n) is 1.82. The molecule has 1 heterocycles. The van der Waals surface area contributed by atoms with Gasteiger partial charge in [0.25, 0.3) is 5.91 Å². The van der Waals surface area contributed by atoms with Gasteiger partial charge in [0.15, 0.2) is 4.67 Å². The second kappa shape index (κ2) is 4.97. The Kier molecular flexibility index (Phi) is 3.90.